The van der Waals surface area contributed by atoms with Gasteiger partial charge in [-0.2, -0.15) is 0 Å². The number of nitrogens with one attached hydrogen (secondary N) is 2. The number of hydrogen-bond donors (Lipinski definition) is 2. The highest BCUT2D eigenvalue weighted by molar-refractivity contribution is 7.80. The van der Waals surface area contributed by atoms with Crippen molar-refractivity contribution in [3.05, 3.63) is 53.1 Å². The number of carbonyl (C=O) groups excluding carboxylic acids is 1. The molecular weight excluding hydrogens is 336 g/mol. The molecule has 0 saturated carbocycles. The monoisotopic (exact) mass is 350 g/mol. The van der Waals surface area contributed by atoms with Crippen molar-refractivity contribution < 1.29 is 14.3 Å². The molecule has 0 unspecified atom stereocenters. The summed E-state index contributed by atoms with van der Waals surface area (Å²) in [5, 5.41) is 6.97. The predicted molar refractivity (Wildman–Crippen MR) is 95.6 cm³/mol. The molecule has 0 aliphatic rings. The summed E-state index contributed by atoms with van der Waals surface area (Å²) in [6.45, 7) is 0. The maximum absolute atomic E-state index is 11.4. The zero-order valence-electron chi connectivity index (χ0n) is 12.6. The molecule has 0 bridgehead atoms. The fraction of sp³-hybridized carbons (Fsp3) is 0.125. The van der Waals surface area contributed by atoms with Gasteiger partial charge >= 0.3 is 5.97 Å². The van der Waals surface area contributed by atoms with Crippen LogP contribution in [0.1, 0.15) is 10.4 Å². The van der Waals surface area contributed by atoms with Gasteiger partial charge in [0.05, 0.1) is 25.5 Å². The molecule has 0 aromatic heterocycles. The highest BCUT2D eigenvalue weighted by atomic mass is 35.5. The van der Waals surface area contributed by atoms with E-state index in [4.69, 9.17) is 28.6 Å². The smallest absolute Gasteiger partial charge is 0.337 e. The Bertz CT molecular complexity index is 720. The van der Waals surface area contributed by atoms with Crippen molar-refractivity contribution in [3.8, 4) is 5.75 Å². The summed E-state index contributed by atoms with van der Waals surface area (Å²) in [5.74, 6) is 0.237. The molecule has 0 fully saturated rings. The molecule has 0 aliphatic carbocycles. The molecule has 7 heteroatoms. The zero-order valence-corrected chi connectivity index (χ0v) is 14.1. The summed E-state index contributed by atoms with van der Waals surface area (Å²) in [7, 11) is 2.91. The van der Waals surface area contributed by atoms with Gasteiger partial charge in [0.2, 0.25) is 0 Å². The number of thiocarbonyl (C=S) groups is 1. The molecule has 120 valence electrons. The van der Waals surface area contributed by atoms with E-state index in [0.717, 1.165) is 5.69 Å². The van der Waals surface area contributed by atoms with Crippen LogP contribution in [0.4, 0.5) is 11.4 Å². The van der Waals surface area contributed by atoms with Crippen LogP contribution in [0.2, 0.25) is 5.02 Å². The third-order valence-corrected chi connectivity index (χ3v) is 3.41. The summed E-state index contributed by atoms with van der Waals surface area (Å²) in [6, 6.07) is 12.0. The first-order valence-electron chi connectivity index (χ1n) is 6.63. The van der Waals surface area contributed by atoms with Crippen molar-refractivity contribution in [3.63, 3.8) is 0 Å². The van der Waals surface area contributed by atoms with Crippen LogP contribution in [0.5, 0.6) is 5.75 Å². The molecule has 23 heavy (non-hydrogen) atoms. The summed E-state index contributed by atoms with van der Waals surface area (Å²) >= 11 is 11.2. The van der Waals surface area contributed by atoms with Gasteiger partial charge in [-0.15, -0.1) is 0 Å². The van der Waals surface area contributed by atoms with Crippen molar-refractivity contribution >= 4 is 46.3 Å². The van der Waals surface area contributed by atoms with Gasteiger partial charge in [-0.05, 0) is 54.7 Å². The van der Waals surface area contributed by atoms with E-state index >= 15 is 0 Å². The number of anilines is 2. The number of esters is 1. The van der Waals surface area contributed by atoms with Gasteiger partial charge in [-0.25, -0.2) is 4.79 Å². The quantitative estimate of drug-likeness (QED) is 0.643. The van der Waals surface area contributed by atoms with E-state index in [1.54, 1.807) is 49.6 Å². The van der Waals surface area contributed by atoms with Crippen LogP contribution in [-0.4, -0.2) is 25.3 Å². The standard InChI is InChI=1S/C16H15ClN2O3S/c1-21-14-8-5-11(17)9-13(14)19-16(23)18-12-6-3-10(4-7-12)15(20)22-2/h3-9H,1-2H3,(H2,18,19,23). The third kappa shape index (κ3) is 4.58. The van der Waals surface area contributed by atoms with E-state index < -0.39 is 0 Å². The molecular formula is C16H15ClN2O3S. The Hall–Kier alpha value is -2.31. The summed E-state index contributed by atoms with van der Waals surface area (Å²) < 4.78 is 9.90. The normalized spacial score (nSPS) is 9.87. The van der Waals surface area contributed by atoms with E-state index in [0.29, 0.717) is 27.1 Å². The second-order valence-electron chi connectivity index (χ2n) is 4.49. The number of carbonyl (C=O) groups is 1. The minimum absolute atomic E-state index is 0.372. The van der Waals surface area contributed by atoms with Crippen LogP contribution in [0.3, 0.4) is 0 Å². The highest BCUT2D eigenvalue weighted by Crippen LogP contribution is 2.27. The number of halogens is 1. The second-order valence-corrected chi connectivity index (χ2v) is 5.34. The van der Waals surface area contributed by atoms with Crippen molar-refractivity contribution in [2.45, 2.75) is 0 Å². The van der Waals surface area contributed by atoms with Gasteiger partial charge in [-0.1, -0.05) is 11.6 Å². The van der Waals surface area contributed by atoms with E-state index in [1.165, 1.54) is 7.11 Å². The van der Waals surface area contributed by atoms with E-state index in [2.05, 4.69) is 15.4 Å². The minimum Gasteiger partial charge on any atom is -0.495 e. The lowest BCUT2D eigenvalue weighted by atomic mass is 10.2. The fourth-order valence-electron chi connectivity index (χ4n) is 1.87. The van der Waals surface area contributed by atoms with Gasteiger partial charge in [0, 0.05) is 10.7 Å². The minimum atomic E-state index is -0.388. The first kappa shape index (κ1) is 17.1. The Balaban J connectivity index is 2.05. The average Bonchev–Trinajstić information content (AvgIpc) is 2.55. The number of ether oxygens (including phenoxy) is 2. The molecule has 2 aromatic carbocycles. The van der Waals surface area contributed by atoms with Crippen LogP contribution in [0.25, 0.3) is 0 Å². The van der Waals surface area contributed by atoms with Gasteiger partial charge in [0.15, 0.2) is 5.11 Å². The SMILES string of the molecule is COC(=O)c1ccc(NC(=S)Nc2cc(Cl)ccc2OC)cc1. The van der Waals surface area contributed by atoms with Crippen LogP contribution in [0, 0.1) is 0 Å². The molecule has 0 spiro atoms. The van der Waals surface area contributed by atoms with Crippen molar-refractivity contribution in [1.29, 1.82) is 0 Å². The second kappa shape index (κ2) is 7.80. The first-order chi connectivity index (χ1) is 11.0. The zero-order chi connectivity index (χ0) is 16.8. The lowest BCUT2D eigenvalue weighted by Gasteiger charge is -2.14. The first-order valence-corrected chi connectivity index (χ1v) is 7.42. The molecule has 2 aromatic rings. The van der Waals surface area contributed by atoms with Gasteiger partial charge in [0.1, 0.15) is 5.75 Å². The Morgan fingerprint density at radius 1 is 1.09 bits per heavy atom. The maximum atomic E-state index is 11.4. The Kier molecular flexibility index (Phi) is 5.78. The molecule has 0 heterocycles. The summed E-state index contributed by atoms with van der Waals surface area (Å²) in [5.41, 5.74) is 1.85. The molecule has 0 radical (unpaired) electrons. The van der Waals surface area contributed by atoms with Crippen molar-refractivity contribution in [2.75, 3.05) is 24.9 Å². The Labute approximate surface area is 144 Å². The average molecular weight is 351 g/mol. The molecule has 0 saturated heterocycles. The largest absolute Gasteiger partial charge is 0.495 e. The predicted octanol–water partition coefficient (Wildman–Crippen LogP) is 3.94. The molecule has 0 aliphatic heterocycles. The molecule has 2 N–H and O–H groups in total. The summed E-state index contributed by atoms with van der Waals surface area (Å²) in [6.07, 6.45) is 0. The van der Waals surface area contributed by atoms with Gasteiger partial charge in [-0.3, -0.25) is 0 Å². The fourth-order valence-corrected chi connectivity index (χ4v) is 2.27. The number of methoxy groups -OCH3 is 2. The molecule has 5 nitrogen and oxygen atoms in total. The van der Waals surface area contributed by atoms with E-state index in [9.17, 15) is 4.79 Å². The topological polar surface area (TPSA) is 59.6 Å². The molecule has 0 atom stereocenters. The number of benzene rings is 2. The maximum Gasteiger partial charge on any atom is 0.337 e. The highest BCUT2D eigenvalue weighted by Gasteiger charge is 2.07. The Morgan fingerprint density at radius 3 is 2.39 bits per heavy atom. The lowest BCUT2D eigenvalue weighted by molar-refractivity contribution is 0.0601. The van der Waals surface area contributed by atoms with Crippen LogP contribution >= 0.6 is 23.8 Å². The van der Waals surface area contributed by atoms with Crippen LogP contribution < -0.4 is 15.4 Å². The molecule has 2 rings (SSSR count). The lowest BCUT2D eigenvalue weighted by Crippen LogP contribution is -2.19. The van der Waals surface area contributed by atoms with Gasteiger partial charge < -0.3 is 20.1 Å². The number of rotatable bonds is 4. The van der Waals surface area contributed by atoms with Crippen LogP contribution in [-0.2, 0) is 4.74 Å². The van der Waals surface area contributed by atoms with Gasteiger partial charge in [0.25, 0.3) is 0 Å². The summed E-state index contributed by atoms with van der Waals surface area (Å²) in [4.78, 5) is 11.4. The number of hydrogen-bond acceptors (Lipinski definition) is 4. The Morgan fingerprint density at radius 2 is 1.78 bits per heavy atom. The third-order valence-electron chi connectivity index (χ3n) is 2.97. The van der Waals surface area contributed by atoms with E-state index in [1.807, 2.05) is 0 Å². The molecule has 0 amide bonds. The van der Waals surface area contributed by atoms with Crippen molar-refractivity contribution in [2.24, 2.45) is 0 Å². The van der Waals surface area contributed by atoms with Crippen LogP contribution in [0.15, 0.2) is 42.5 Å². The van der Waals surface area contributed by atoms with E-state index in [-0.39, 0.29) is 5.97 Å². The van der Waals surface area contributed by atoms with Crippen molar-refractivity contribution in [1.82, 2.24) is 0 Å².